The predicted molar refractivity (Wildman–Crippen MR) is 347 cm³/mol. The van der Waals surface area contributed by atoms with E-state index in [9.17, 15) is 39.0 Å². The first-order chi connectivity index (χ1) is 41.5. The maximum absolute atomic E-state index is 13.4. The van der Waals surface area contributed by atoms with Gasteiger partial charge in [-0.2, -0.15) is 0 Å². The number of nitrogens with one attached hydrogen (secondary N) is 4. The van der Waals surface area contributed by atoms with Gasteiger partial charge in [0.1, 0.15) is 12.1 Å². The van der Waals surface area contributed by atoms with Gasteiger partial charge in [0.2, 0.25) is 11.8 Å². The van der Waals surface area contributed by atoms with Crippen LogP contribution in [0.5, 0.6) is 0 Å². The van der Waals surface area contributed by atoms with E-state index in [1.54, 1.807) is 6.92 Å². The van der Waals surface area contributed by atoms with Gasteiger partial charge in [-0.15, -0.1) is 0 Å². The van der Waals surface area contributed by atoms with Crippen LogP contribution in [0.25, 0.3) is 0 Å². The summed E-state index contributed by atoms with van der Waals surface area (Å²) < 4.78 is 19.5. The maximum Gasteiger partial charge on any atom is 0.326 e. The first-order valence-electron chi connectivity index (χ1n) is 34.0. The largest absolute Gasteiger partial charge is 0.481 e. The second-order valence-corrected chi connectivity index (χ2v) is 24.5. The molecule has 0 aromatic rings. The molecule has 4 amide bonds. The summed E-state index contributed by atoms with van der Waals surface area (Å²) in [5, 5.41) is 37.8. The fourth-order valence-electron chi connectivity index (χ4n) is 10.4. The molecule has 1 aliphatic rings. The van der Waals surface area contributed by atoms with E-state index in [4.69, 9.17) is 19.3 Å². The van der Waals surface area contributed by atoms with E-state index in [0.717, 1.165) is 77.3 Å². The third kappa shape index (κ3) is 43.1. The average Bonchev–Trinajstić information content (AvgIpc) is 4.15. The van der Waals surface area contributed by atoms with E-state index in [2.05, 4.69) is 95.7 Å². The molecule has 5 atom stereocenters. The van der Waals surface area contributed by atoms with Crippen LogP contribution in [0.1, 0.15) is 272 Å². The van der Waals surface area contributed by atoms with Gasteiger partial charge >= 0.3 is 23.9 Å². The van der Waals surface area contributed by atoms with Gasteiger partial charge in [0.05, 0.1) is 37.3 Å². The minimum atomic E-state index is -1.50. The van der Waals surface area contributed by atoms with Crippen LogP contribution in [-0.4, -0.2) is 132 Å². The lowest BCUT2D eigenvalue weighted by Crippen LogP contribution is -2.51. The molecule has 1 fully saturated rings. The number of carbonyl (C=O) groups is 6. The Labute approximate surface area is 520 Å². The van der Waals surface area contributed by atoms with Gasteiger partial charge in [0.15, 0.2) is 5.79 Å². The Kier molecular flexibility index (Phi) is 48.4. The second-order valence-electron chi connectivity index (χ2n) is 24.5. The Morgan fingerprint density at radius 3 is 1.59 bits per heavy atom. The molecule has 86 heavy (non-hydrogen) atoms. The third-order valence-electron chi connectivity index (χ3n) is 16.3. The van der Waals surface area contributed by atoms with Crippen LogP contribution >= 0.6 is 0 Å². The number of ether oxygens (including phenoxy) is 3. The fraction of sp³-hybridized carbons (Fsp3) is 0.797. The lowest BCUT2D eigenvalue weighted by molar-refractivity contribution is -0.180. The van der Waals surface area contributed by atoms with Gasteiger partial charge < -0.3 is 55.7 Å². The number of amides is 4. The highest BCUT2D eigenvalue weighted by Crippen LogP contribution is 2.36. The van der Waals surface area contributed by atoms with E-state index in [-0.39, 0.29) is 50.3 Å². The molecule has 496 valence electrons. The number of hydrogen-bond acceptors (Lipinski definition) is 10. The molecule has 7 N–H and O–H groups in total. The summed E-state index contributed by atoms with van der Waals surface area (Å²) in [5.41, 5.74) is -0.766. The smallest absolute Gasteiger partial charge is 0.326 e. The van der Waals surface area contributed by atoms with Crippen molar-refractivity contribution in [1.82, 2.24) is 26.2 Å². The topological polar surface area (TPSA) is 242 Å². The molecule has 1 heterocycles. The Balaban J connectivity index is 2.44. The highest BCUT2D eigenvalue weighted by molar-refractivity contribution is 5.86. The molecule has 0 radical (unpaired) electrons. The Morgan fingerprint density at radius 1 is 0.605 bits per heavy atom. The standard InChI is InChI=1S/C69H123N5O12/c1-7-10-12-14-16-18-20-22-24-26-28-30-32-34-36-40-49-69(50-41-37-35-33-31-29-27-25-23-21-19-17-15-13-11-8-2)85-56-59(86-69)48-54-74(6)53-44-38-42-52-71-66(82)68(5,9-3)57-84-58(4)55-62(75)70-51-43-39-45-60(64(78)79)72-67(83)73-61(65(80)81)46-47-63(76)77/h16-19,22-25,58-61H,7-15,20-21,26-57H2,1-6H3,(H,70,75)(H,71,82)(H,76,77)(H,78,79)(H,80,81)(H2,72,73,83)/b18-16-,19-17-,24-22-,25-23-/t58?,59?,60-,61-,68?/m1/s1. The Hall–Kier alpha value is -4.58. The van der Waals surface area contributed by atoms with Crippen LogP contribution < -0.4 is 21.3 Å². The molecule has 0 saturated carbocycles. The number of nitrogens with zero attached hydrogens (tertiary/aromatic N) is 1. The summed E-state index contributed by atoms with van der Waals surface area (Å²) in [4.78, 5) is 74.6. The Morgan fingerprint density at radius 2 is 1.08 bits per heavy atom. The van der Waals surface area contributed by atoms with Crippen molar-refractivity contribution in [3.8, 4) is 0 Å². The molecule has 0 aromatic carbocycles. The van der Waals surface area contributed by atoms with Crippen molar-refractivity contribution in [3.05, 3.63) is 48.6 Å². The third-order valence-corrected chi connectivity index (χ3v) is 16.3. The Bertz CT molecular complexity index is 1860. The molecule has 17 heteroatoms. The predicted octanol–water partition coefficient (Wildman–Crippen LogP) is 14.7. The lowest BCUT2D eigenvalue weighted by Gasteiger charge is -2.29. The summed E-state index contributed by atoms with van der Waals surface area (Å²) in [6.45, 7) is 13.7. The summed E-state index contributed by atoms with van der Waals surface area (Å²) in [7, 11) is 2.18. The van der Waals surface area contributed by atoms with E-state index in [1.807, 2.05) is 13.8 Å². The number of carbonyl (C=O) groups excluding carboxylic acids is 3. The number of rotatable bonds is 58. The van der Waals surface area contributed by atoms with Crippen molar-refractivity contribution >= 4 is 35.8 Å². The van der Waals surface area contributed by atoms with Crippen molar-refractivity contribution in [2.24, 2.45) is 5.41 Å². The summed E-state index contributed by atoms with van der Waals surface area (Å²) in [6, 6.07) is -3.85. The number of allylic oxidation sites excluding steroid dienone is 8. The van der Waals surface area contributed by atoms with Crippen molar-refractivity contribution in [1.29, 1.82) is 0 Å². The van der Waals surface area contributed by atoms with E-state index >= 15 is 0 Å². The average molecular weight is 1210 g/mol. The fourth-order valence-corrected chi connectivity index (χ4v) is 10.4. The minimum Gasteiger partial charge on any atom is -0.481 e. The number of carboxylic acids is 3. The zero-order chi connectivity index (χ0) is 63.4. The van der Waals surface area contributed by atoms with Crippen LogP contribution in [-0.2, 0) is 38.2 Å². The zero-order valence-electron chi connectivity index (χ0n) is 54.8. The van der Waals surface area contributed by atoms with Crippen molar-refractivity contribution in [3.63, 3.8) is 0 Å². The molecule has 0 bridgehead atoms. The molecule has 1 rings (SSSR count). The SMILES string of the molecule is CCCCC/C=C\C/C=C\CCCCCCCCC1(CCCCCCCC/C=C\C/C=C\CCCCC)OCC(CCN(C)CCCCCNC(=O)C(C)(CC)COC(C)CC(=O)NCCCC[C@@H](NC(=O)N[C@H](CCC(=O)O)C(=O)O)C(=O)O)O1. The van der Waals surface area contributed by atoms with E-state index in [1.165, 1.54) is 128 Å². The van der Waals surface area contributed by atoms with Crippen molar-refractivity contribution < 1.29 is 58.3 Å². The molecular formula is C69H123N5O12. The molecule has 3 unspecified atom stereocenters. The highest BCUT2D eigenvalue weighted by Gasteiger charge is 2.40. The van der Waals surface area contributed by atoms with Crippen LogP contribution in [0, 0.1) is 5.41 Å². The monoisotopic (exact) mass is 1210 g/mol. The first-order valence-corrected chi connectivity index (χ1v) is 34.0. The molecular weight excluding hydrogens is 1090 g/mol. The van der Waals surface area contributed by atoms with Crippen LogP contribution in [0.3, 0.4) is 0 Å². The molecule has 0 spiro atoms. The summed E-state index contributed by atoms with van der Waals surface area (Å²) >= 11 is 0. The van der Waals surface area contributed by atoms with E-state index < -0.39 is 59.7 Å². The van der Waals surface area contributed by atoms with Gasteiger partial charge in [-0.1, -0.05) is 153 Å². The normalized spacial score (nSPS) is 16.1. The second kappa shape index (κ2) is 52.4. The first kappa shape index (κ1) is 79.4. The molecule has 0 aromatic heterocycles. The summed E-state index contributed by atoms with van der Waals surface area (Å²) in [5.74, 6) is -4.78. The number of unbranched alkanes of at least 4 members (excludes halogenated alkanes) is 21. The van der Waals surface area contributed by atoms with Crippen LogP contribution in [0.2, 0.25) is 0 Å². The van der Waals surface area contributed by atoms with Gasteiger partial charge in [-0.05, 0) is 156 Å². The van der Waals surface area contributed by atoms with E-state index in [0.29, 0.717) is 32.4 Å². The van der Waals surface area contributed by atoms with Gasteiger partial charge in [0.25, 0.3) is 0 Å². The van der Waals surface area contributed by atoms with Crippen molar-refractivity contribution in [2.75, 3.05) is 46.4 Å². The van der Waals surface area contributed by atoms with Gasteiger partial charge in [-0.3, -0.25) is 14.4 Å². The van der Waals surface area contributed by atoms with Gasteiger partial charge in [-0.25, -0.2) is 14.4 Å². The van der Waals surface area contributed by atoms with Crippen LogP contribution in [0.15, 0.2) is 48.6 Å². The summed E-state index contributed by atoms with van der Waals surface area (Å²) in [6.07, 6.45) is 54.4. The lowest BCUT2D eigenvalue weighted by atomic mass is 9.87. The number of aliphatic carboxylic acids is 3. The maximum atomic E-state index is 13.4. The number of carboxylic acid groups (broad SMARTS) is 3. The van der Waals surface area contributed by atoms with Crippen molar-refractivity contribution in [2.45, 2.75) is 302 Å². The number of hydrogen-bond donors (Lipinski definition) is 7. The van der Waals surface area contributed by atoms with Crippen LogP contribution in [0.4, 0.5) is 4.79 Å². The quantitative estimate of drug-likeness (QED) is 0.0222. The zero-order valence-corrected chi connectivity index (χ0v) is 54.8. The molecule has 17 nitrogen and oxygen atoms in total. The number of urea groups is 1. The van der Waals surface area contributed by atoms with Gasteiger partial charge in [0, 0.05) is 38.9 Å². The molecule has 1 saturated heterocycles. The molecule has 0 aliphatic carbocycles. The highest BCUT2D eigenvalue weighted by atomic mass is 16.7. The minimum absolute atomic E-state index is 0.0175. The molecule has 1 aliphatic heterocycles.